The van der Waals surface area contributed by atoms with Crippen LogP contribution in [0, 0.1) is 0 Å². The van der Waals surface area contributed by atoms with Gasteiger partial charge in [0.2, 0.25) is 0 Å². The smallest absolute Gasteiger partial charge is 0.269 e. The summed E-state index contributed by atoms with van der Waals surface area (Å²) >= 11 is 20.5. The molecule has 0 saturated heterocycles. The van der Waals surface area contributed by atoms with Crippen molar-refractivity contribution in [1.82, 2.24) is 5.32 Å². The lowest BCUT2D eigenvalue weighted by atomic mass is 9.85. The van der Waals surface area contributed by atoms with E-state index in [0.29, 0.717) is 56.1 Å². The van der Waals surface area contributed by atoms with E-state index >= 15 is 0 Å². The lowest BCUT2D eigenvalue weighted by molar-refractivity contribution is -0.115. The zero-order chi connectivity index (χ0) is 37.2. The lowest BCUT2D eigenvalue weighted by Crippen LogP contribution is -2.45. The van der Waals surface area contributed by atoms with Crippen molar-refractivity contribution < 1.29 is 48.8 Å². The molecule has 13 nitrogen and oxygen atoms in total. The fraction of sp³-hybridized carbons (Fsp3) is 0.438. The summed E-state index contributed by atoms with van der Waals surface area (Å²) in [6.45, 7) is 0.550. The molecule has 0 saturated carbocycles. The Kier molecular flexibility index (Phi) is 13.4. The number of allylic oxidation sites excluding steroid dienone is 2. The number of halogens is 6. The second kappa shape index (κ2) is 16.8. The Morgan fingerprint density at radius 1 is 0.902 bits per heavy atom. The van der Waals surface area contributed by atoms with E-state index in [2.05, 4.69) is 111 Å². The third-order valence-electron chi connectivity index (χ3n) is 8.45. The van der Waals surface area contributed by atoms with Gasteiger partial charge in [-0.25, -0.2) is 0 Å². The third kappa shape index (κ3) is 8.40. The number of ether oxygens (including phenoxy) is 3. The number of nitrogens with zero attached hydrogens (tertiary/aromatic N) is 2. The van der Waals surface area contributed by atoms with Gasteiger partial charge in [0.25, 0.3) is 5.91 Å². The number of oxime groups is 2. The van der Waals surface area contributed by atoms with Crippen molar-refractivity contribution in [3.05, 3.63) is 68.2 Å². The molecule has 0 unspecified atom stereocenters. The van der Waals surface area contributed by atoms with Crippen LogP contribution in [0.25, 0.3) is 0 Å². The van der Waals surface area contributed by atoms with E-state index in [9.17, 15) is 24.9 Å². The predicted octanol–water partition coefficient (Wildman–Crippen LogP) is 6.32. The molecule has 276 valence electrons. The molecule has 1 aromatic carbocycles. The Morgan fingerprint density at radius 2 is 1.41 bits per heavy atom. The van der Waals surface area contributed by atoms with Gasteiger partial charge in [-0.1, -0.05) is 10.3 Å². The fourth-order valence-electron chi connectivity index (χ4n) is 5.70. The number of benzene rings is 1. The van der Waals surface area contributed by atoms with Gasteiger partial charge in [0.1, 0.15) is 40.9 Å². The maximum Gasteiger partial charge on any atom is 0.269 e. The average molecular weight is 1100 g/mol. The third-order valence-corrected chi connectivity index (χ3v) is 12.4. The predicted molar refractivity (Wildman–Crippen MR) is 208 cm³/mol. The van der Waals surface area contributed by atoms with Crippen molar-refractivity contribution in [3.8, 4) is 5.75 Å². The Morgan fingerprint density at radius 3 is 1.94 bits per heavy atom. The number of Topliss-reactive ketones (excluding diaryl/α,β-unsaturated/α-hetero) is 1. The summed E-state index contributed by atoms with van der Waals surface area (Å²) < 4.78 is 19.6. The van der Waals surface area contributed by atoms with Gasteiger partial charge in [0.15, 0.2) is 17.0 Å². The van der Waals surface area contributed by atoms with Crippen molar-refractivity contribution in [2.75, 3.05) is 27.4 Å². The van der Waals surface area contributed by atoms with Gasteiger partial charge in [-0.15, -0.1) is 0 Å². The van der Waals surface area contributed by atoms with Crippen LogP contribution in [0.5, 0.6) is 5.75 Å². The van der Waals surface area contributed by atoms with Crippen LogP contribution in [0.1, 0.15) is 43.8 Å². The molecule has 19 heteroatoms. The maximum absolute atomic E-state index is 13.0. The second-order valence-electron chi connectivity index (χ2n) is 11.8. The summed E-state index contributed by atoms with van der Waals surface area (Å²) in [5.74, 6) is 0.619. The first-order valence-electron chi connectivity index (χ1n) is 15.3. The molecule has 1 amide bonds. The van der Waals surface area contributed by atoms with E-state index in [1.54, 1.807) is 24.3 Å². The Bertz CT molecular complexity index is 1770. The number of ketones is 1. The maximum atomic E-state index is 13.0. The number of methoxy groups -OCH3 is 2. The highest BCUT2D eigenvalue weighted by atomic mass is 79.9. The highest BCUT2D eigenvalue weighted by Crippen LogP contribution is 2.45. The number of aliphatic hydroxyl groups excluding tert-OH is 3. The number of aliphatic hydroxyl groups is 3. The molecule has 2 heterocycles. The van der Waals surface area contributed by atoms with Crippen LogP contribution in [-0.4, -0.2) is 89.2 Å². The van der Waals surface area contributed by atoms with Crippen LogP contribution in [-0.2, 0) is 28.7 Å². The van der Waals surface area contributed by atoms with Crippen LogP contribution in [0.4, 0.5) is 0 Å². The molecule has 0 aromatic heterocycles. The number of carbonyl (C=O) groups is 2. The molecule has 51 heavy (non-hydrogen) atoms. The zero-order valence-electron chi connectivity index (χ0n) is 26.9. The molecule has 1 aromatic rings. The highest BCUT2D eigenvalue weighted by Gasteiger charge is 2.51. The van der Waals surface area contributed by atoms with Gasteiger partial charge in [0, 0.05) is 25.8 Å². The number of amides is 1. The number of carbonyl (C=O) groups excluding carboxylic acids is 2. The lowest BCUT2D eigenvalue weighted by Gasteiger charge is -2.33. The molecule has 0 bridgehead atoms. The monoisotopic (exact) mass is 1090 g/mol. The summed E-state index contributed by atoms with van der Waals surface area (Å²) in [4.78, 5) is 36.9. The summed E-state index contributed by atoms with van der Waals surface area (Å²) in [5, 5.41) is 43.3. The number of hydrogen-bond acceptors (Lipinski definition) is 12. The van der Waals surface area contributed by atoms with Gasteiger partial charge >= 0.3 is 0 Å². The minimum atomic E-state index is -1.26. The van der Waals surface area contributed by atoms with Crippen molar-refractivity contribution in [2.24, 2.45) is 10.3 Å². The molecule has 0 fully saturated rings. The van der Waals surface area contributed by atoms with Crippen molar-refractivity contribution >= 4 is 119 Å². The number of rotatable bonds is 13. The molecule has 2 aliphatic heterocycles. The molecular formula is C32H31Br6N3O10. The molecule has 5 rings (SSSR count). The standard InChI is InChI=1S/C32H31Br6N3O10/c1-47-26-17(35)10-31(28(44)23(26)37)12-19(40-50-31)22(43)5-4-21(42)14-8-15(33)25(16(34)9-14)49-7-3-6-39-30(46)20-13-32(51-41-20)11-18(36)27(48-2)24(38)29(32)45/h8-11,21,28-29,42,44-45H,3-7,12-13H2,1-2H3,(H,39,46)/t21-,28-,29-,31+,32+/m0/s1. The van der Waals surface area contributed by atoms with Gasteiger partial charge in [-0.05, 0) is 138 Å². The molecule has 0 radical (unpaired) electrons. The highest BCUT2D eigenvalue weighted by molar-refractivity contribution is 9.12. The average Bonchev–Trinajstić information content (AvgIpc) is 3.72. The first-order chi connectivity index (χ1) is 24.2. The second-order valence-corrected chi connectivity index (χ2v) is 16.9. The van der Waals surface area contributed by atoms with Crippen molar-refractivity contribution in [1.29, 1.82) is 0 Å². The van der Waals surface area contributed by atoms with Crippen molar-refractivity contribution in [2.45, 2.75) is 61.6 Å². The first-order valence-corrected chi connectivity index (χ1v) is 20.0. The Hall–Kier alpha value is -1.58. The van der Waals surface area contributed by atoms with Gasteiger partial charge in [-0.3, -0.25) is 9.59 Å². The normalized spacial score (nSPS) is 26.3. The van der Waals surface area contributed by atoms with Crippen LogP contribution in [0.3, 0.4) is 0 Å². The van der Waals surface area contributed by atoms with Gasteiger partial charge in [-0.2, -0.15) is 0 Å². The molecule has 2 aliphatic carbocycles. The van der Waals surface area contributed by atoms with Crippen LogP contribution in [0.15, 0.2) is 73.0 Å². The van der Waals surface area contributed by atoms with E-state index in [1.807, 2.05) is 0 Å². The van der Waals surface area contributed by atoms with E-state index < -0.39 is 35.4 Å². The summed E-state index contributed by atoms with van der Waals surface area (Å²) in [5.41, 5.74) is -1.64. The summed E-state index contributed by atoms with van der Waals surface area (Å²) in [6.07, 6.45) is 0.718. The van der Waals surface area contributed by atoms with E-state index in [4.69, 9.17) is 23.9 Å². The van der Waals surface area contributed by atoms with Crippen LogP contribution < -0.4 is 10.1 Å². The van der Waals surface area contributed by atoms with Crippen molar-refractivity contribution in [3.63, 3.8) is 0 Å². The Labute approximate surface area is 343 Å². The molecule has 4 N–H and O–H groups in total. The quantitative estimate of drug-likeness (QED) is 0.164. The zero-order valence-corrected chi connectivity index (χ0v) is 36.4. The molecule has 4 aliphatic rings. The van der Waals surface area contributed by atoms with E-state index in [-0.39, 0.29) is 56.0 Å². The fourth-order valence-corrected chi connectivity index (χ4v) is 10.7. The minimum Gasteiger partial charge on any atom is -0.495 e. The molecule has 5 atom stereocenters. The number of nitrogens with one attached hydrogen (secondary N) is 1. The first kappa shape index (κ1) is 40.6. The summed E-state index contributed by atoms with van der Waals surface area (Å²) in [6, 6.07) is 3.42. The largest absolute Gasteiger partial charge is 0.495 e. The Balaban J connectivity index is 1.06. The molecule has 2 spiro atoms. The minimum absolute atomic E-state index is 0.00232. The topological polar surface area (TPSA) is 178 Å². The van der Waals surface area contributed by atoms with Gasteiger partial charge < -0.3 is 44.5 Å². The SMILES string of the molecule is COC1=C(Br)[C@H](O)[C@@]2(C=C1Br)CC(C(=O)CC[C@H](O)c1cc(Br)c(OCCCNC(=O)C3=NO[C@]4(C=C(Br)C(OC)=C(Br)[C@@H]4O)C3)c(Br)c1)=NO2. The van der Waals surface area contributed by atoms with E-state index in [0.717, 1.165) is 0 Å². The van der Waals surface area contributed by atoms with Crippen LogP contribution >= 0.6 is 95.6 Å². The van der Waals surface area contributed by atoms with Crippen LogP contribution in [0.2, 0.25) is 0 Å². The number of hydrogen-bond donors (Lipinski definition) is 4. The van der Waals surface area contributed by atoms with Gasteiger partial charge in [0.05, 0.1) is 53.8 Å². The molecular weight excluding hydrogens is 1070 g/mol. The van der Waals surface area contributed by atoms with E-state index in [1.165, 1.54) is 14.2 Å². The summed E-state index contributed by atoms with van der Waals surface area (Å²) in [7, 11) is 2.95.